The number of aromatic nitrogens is 1. The summed E-state index contributed by atoms with van der Waals surface area (Å²) in [4.78, 5) is 69.9. The zero-order valence-corrected chi connectivity index (χ0v) is 24.5. The van der Waals surface area contributed by atoms with Gasteiger partial charge in [-0.25, -0.2) is 4.79 Å². The Morgan fingerprint density at radius 3 is 2.12 bits per heavy atom. The Morgan fingerprint density at radius 2 is 1.51 bits per heavy atom. The number of aliphatic carboxylic acids is 1. The van der Waals surface area contributed by atoms with Gasteiger partial charge in [-0.15, -0.1) is 0 Å². The lowest BCUT2D eigenvalue weighted by Crippen LogP contribution is -2.57. The highest BCUT2D eigenvalue weighted by atomic mass is 16.4. The first-order valence-electron chi connectivity index (χ1n) is 14.1. The second kappa shape index (κ2) is 16.7. The van der Waals surface area contributed by atoms with Crippen LogP contribution in [0.15, 0.2) is 35.5 Å². The predicted octanol–water partition coefficient (Wildman–Crippen LogP) is -1.06. The molecule has 13 N–H and O–H groups in total. The topological polar surface area (TPSA) is 274 Å². The van der Waals surface area contributed by atoms with Crippen LogP contribution < -0.4 is 38.9 Å². The van der Waals surface area contributed by atoms with Gasteiger partial charge in [0, 0.05) is 36.5 Å². The van der Waals surface area contributed by atoms with Crippen molar-refractivity contribution in [1.82, 2.24) is 20.9 Å². The molecular weight excluding hydrogens is 558 g/mol. The summed E-state index contributed by atoms with van der Waals surface area (Å²) in [5.74, 6) is -4.12. The second-order valence-corrected chi connectivity index (χ2v) is 10.8. The zero-order chi connectivity index (χ0) is 32.1. The van der Waals surface area contributed by atoms with Crippen LogP contribution in [-0.2, 0) is 30.4 Å². The Morgan fingerprint density at radius 1 is 0.907 bits per heavy atom. The van der Waals surface area contributed by atoms with Crippen molar-refractivity contribution in [2.75, 3.05) is 6.54 Å². The molecule has 15 nitrogen and oxygen atoms in total. The molecule has 0 spiro atoms. The third-order valence-electron chi connectivity index (χ3n) is 6.67. The number of primary amides is 1. The lowest BCUT2D eigenvalue weighted by Gasteiger charge is -2.25. The van der Waals surface area contributed by atoms with Crippen molar-refractivity contribution in [3.63, 3.8) is 0 Å². The highest BCUT2D eigenvalue weighted by molar-refractivity contribution is 5.94. The van der Waals surface area contributed by atoms with E-state index in [1.807, 2.05) is 38.1 Å². The van der Waals surface area contributed by atoms with Gasteiger partial charge in [-0.1, -0.05) is 32.0 Å². The molecule has 15 heteroatoms. The number of nitrogens with two attached hydrogens (primary N) is 4. The van der Waals surface area contributed by atoms with E-state index in [1.165, 1.54) is 0 Å². The number of fused-ring (bicyclic) bond motifs is 1. The number of hydrogen-bond donors (Lipinski definition) is 9. The number of benzene rings is 1. The molecule has 236 valence electrons. The van der Waals surface area contributed by atoms with E-state index in [-0.39, 0.29) is 50.5 Å². The summed E-state index contributed by atoms with van der Waals surface area (Å²) in [6.07, 6.45) is 1.96. The van der Waals surface area contributed by atoms with Crippen molar-refractivity contribution < 1.29 is 29.1 Å². The maximum atomic E-state index is 13.4. The molecular formula is C28H43N9O6. The smallest absolute Gasteiger partial charge is 0.326 e. The fraction of sp³-hybridized carbons (Fsp3) is 0.500. The molecule has 1 aromatic carbocycles. The molecule has 0 fully saturated rings. The number of rotatable bonds is 18. The van der Waals surface area contributed by atoms with E-state index in [9.17, 15) is 29.1 Å². The summed E-state index contributed by atoms with van der Waals surface area (Å²) in [5, 5.41) is 18.3. The van der Waals surface area contributed by atoms with Crippen LogP contribution in [0.25, 0.3) is 10.9 Å². The number of aromatic amines is 1. The number of carbonyl (C=O) groups excluding carboxylic acids is 4. The summed E-state index contributed by atoms with van der Waals surface area (Å²) in [7, 11) is 0. The summed E-state index contributed by atoms with van der Waals surface area (Å²) < 4.78 is 0. The first-order chi connectivity index (χ1) is 20.3. The van der Waals surface area contributed by atoms with Crippen LogP contribution in [0.1, 0.15) is 51.5 Å². The largest absolute Gasteiger partial charge is 0.480 e. The fourth-order valence-electron chi connectivity index (χ4n) is 4.49. The third-order valence-corrected chi connectivity index (χ3v) is 6.67. The van der Waals surface area contributed by atoms with E-state index < -0.39 is 53.8 Å². The van der Waals surface area contributed by atoms with Crippen LogP contribution in [0.4, 0.5) is 0 Å². The maximum Gasteiger partial charge on any atom is 0.326 e. The Bertz CT molecular complexity index is 1300. The number of H-pyrrole nitrogens is 1. The molecule has 43 heavy (non-hydrogen) atoms. The Kier molecular flexibility index (Phi) is 13.4. The summed E-state index contributed by atoms with van der Waals surface area (Å²) >= 11 is 0. The second-order valence-electron chi connectivity index (χ2n) is 10.8. The van der Waals surface area contributed by atoms with Gasteiger partial charge in [0.15, 0.2) is 5.96 Å². The van der Waals surface area contributed by atoms with Crippen LogP contribution in [0.2, 0.25) is 0 Å². The van der Waals surface area contributed by atoms with Crippen molar-refractivity contribution in [3.8, 4) is 0 Å². The highest BCUT2D eigenvalue weighted by Crippen LogP contribution is 2.19. The highest BCUT2D eigenvalue weighted by Gasteiger charge is 2.31. The molecule has 2 aromatic rings. The van der Waals surface area contributed by atoms with E-state index in [4.69, 9.17) is 22.9 Å². The molecule has 0 radical (unpaired) electrons. The molecule has 4 atom stereocenters. The average molecular weight is 602 g/mol. The Hall–Kier alpha value is -4.66. The number of nitrogens with one attached hydrogen (secondary N) is 4. The van der Waals surface area contributed by atoms with Crippen molar-refractivity contribution in [1.29, 1.82) is 0 Å². The molecule has 0 saturated carbocycles. The number of nitrogens with zero attached hydrogens (tertiary/aromatic N) is 1. The van der Waals surface area contributed by atoms with E-state index in [2.05, 4.69) is 25.9 Å². The normalized spacial score (nSPS) is 13.9. The lowest BCUT2D eigenvalue weighted by atomic mass is 10.0. The van der Waals surface area contributed by atoms with Gasteiger partial charge in [-0.05, 0) is 43.2 Å². The minimum Gasteiger partial charge on any atom is -0.480 e. The number of carboxylic acid groups (broad SMARTS) is 1. The number of guanidine groups is 1. The zero-order valence-electron chi connectivity index (χ0n) is 24.5. The van der Waals surface area contributed by atoms with Gasteiger partial charge in [0.1, 0.15) is 18.1 Å². The number of para-hydroxylation sites is 1. The van der Waals surface area contributed by atoms with E-state index in [1.54, 1.807) is 6.20 Å². The van der Waals surface area contributed by atoms with Crippen LogP contribution in [0, 0.1) is 5.92 Å². The van der Waals surface area contributed by atoms with Crippen LogP contribution in [0.3, 0.4) is 0 Å². The van der Waals surface area contributed by atoms with Gasteiger partial charge in [0.25, 0.3) is 0 Å². The minimum atomic E-state index is -1.32. The van der Waals surface area contributed by atoms with Crippen LogP contribution >= 0.6 is 0 Å². The molecule has 2 rings (SSSR count). The fourth-order valence-corrected chi connectivity index (χ4v) is 4.49. The first-order valence-corrected chi connectivity index (χ1v) is 14.1. The van der Waals surface area contributed by atoms with Crippen molar-refractivity contribution in [3.05, 3.63) is 36.0 Å². The summed E-state index contributed by atoms with van der Waals surface area (Å²) in [6.45, 7) is 3.92. The quantitative estimate of drug-likeness (QED) is 0.0571. The lowest BCUT2D eigenvalue weighted by molar-refractivity contribution is -0.142. The van der Waals surface area contributed by atoms with Crippen LogP contribution in [-0.4, -0.2) is 76.4 Å². The van der Waals surface area contributed by atoms with Gasteiger partial charge >= 0.3 is 5.97 Å². The molecule has 0 saturated heterocycles. The standard InChI is InChI=1S/C28H43N9O6/c1-15(2)12-18(29)24(39)35-21(9-10-23(30)38)26(41)36-20(8-5-11-33-28(31)32)25(40)37-22(27(42)43)13-16-14-34-19-7-4-3-6-17(16)19/h3-4,6-7,14-15,18,20-22,34H,5,8-13,29H2,1-2H3,(H2,30,38)(H,35,39)(H,36,41)(H,37,40)(H,42,43)(H4,31,32,33). The molecule has 0 aliphatic carbocycles. The van der Waals surface area contributed by atoms with E-state index in [0.29, 0.717) is 12.0 Å². The molecule has 0 aliphatic heterocycles. The predicted molar refractivity (Wildman–Crippen MR) is 161 cm³/mol. The minimum absolute atomic E-state index is 0.0230. The summed E-state index contributed by atoms with van der Waals surface area (Å²) in [5.41, 5.74) is 23.5. The monoisotopic (exact) mass is 601 g/mol. The number of carbonyl (C=O) groups is 5. The summed E-state index contributed by atoms with van der Waals surface area (Å²) in [6, 6.07) is 2.68. The Labute approximate surface area is 249 Å². The molecule has 1 heterocycles. The molecule has 4 amide bonds. The van der Waals surface area contributed by atoms with Gasteiger partial charge in [0.05, 0.1) is 6.04 Å². The molecule has 4 unspecified atom stereocenters. The number of hydrogen-bond acceptors (Lipinski definition) is 7. The Balaban J connectivity index is 2.24. The molecule has 0 bridgehead atoms. The first kappa shape index (κ1) is 34.5. The van der Waals surface area contributed by atoms with Crippen molar-refractivity contribution in [2.24, 2.45) is 33.8 Å². The molecule has 0 aliphatic rings. The van der Waals surface area contributed by atoms with E-state index >= 15 is 0 Å². The number of carboxylic acids is 1. The molecule has 1 aromatic heterocycles. The van der Waals surface area contributed by atoms with Gasteiger partial charge in [0.2, 0.25) is 23.6 Å². The average Bonchev–Trinajstić information content (AvgIpc) is 3.33. The van der Waals surface area contributed by atoms with E-state index in [0.717, 1.165) is 10.9 Å². The number of aliphatic imine (C=N–C) groups is 1. The van der Waals surface area contributed by atoms with Crippen molar-refractivity contribution in [2.45, 2.75) is 76.5 Å². The van der Waals surface area contributed by atoms with Crippen LogP contribution in [0.5, 0.6) is 0 Å². The third kappa shape index (κ3) is 11.6. The maximum absolute atomic E-state index is 13.4. The number of amides is 4. The van der Waals surface area contributed by atoms with Gasteiger partial charge in [-0.2, -0.15) is 0 Å². The van der Waals surface area contributed by atoms with Crippen molar-refractivity contribution >= 4 is 46.5 Å². The van der Waals surface area contributed by atoms with Gasteiger partial charge in [-0.3, -0.25) is 24.2 Å². The van der Waals surface area contributed by atoms with Gasteiger partial charge < -0.3 is 49.0 Å². The SMILES string of the molecule is CC(C)CC(N)C(=O)NC(CCC(N)=O)C(=O)NC(CCCN=C(N)N)C(=O)NC(Cc1c[nH]c2ccccc12)C(=O)O.